The quantitative estimate of drug-likeness (QED) is 0.246. The molecule has 0 bridgehead atoms. The molecule has 0 aromatic heterocycles. The first kappa shape index (κ1) is 14.7. The maximum atomic E-state index is 8.46. The second-order valence-electron chi connectivity index (χ2n) is 4.62. The van der Waals surface area contributed by atoms with E-state index < -0.39 is 0 Å². The minimum absolute atomic E-state index is 0.291. The van der Waals surface area contributed by atoms with E-state index in [0.29, 0.717) is 12.3 Å². The number of nitrogens with zero attached hydrogens (tertiary/aromatic N) is 1. The molecule has 0 spiro atoms. The van der Waals surface area contributed by atoms with Crippen LogP contribution in [0.5, 0.6) is 0 Å². The highest BCUT2D eigenvalue weighted by Crippen LogP contribution is 2.29. The molecule has 0 atom stereocenters. The molecule has 0 aliphatic rings. The minimum atomic E-state index is 0.291. The first-order valence-corrected chi connectivity index (χ1v) is 7.39. The van der Waals surface area contributed by atoms with E-state index in [0.717, 1.165) is 29.5 Å². The Bertz CT molecular complexity index is 613. The van der Waals surface area contributed by atoms with Crippen LogP contribution in [0, 0.1) is 0 Å². The molecule has 0 amide bonds. The summed E-state index contributed by atoms with van der Waals surface area (Å²) < 4.78 is 1.10. The van der Waals surface area contributed by atoms with Gasteiger partial charge >= 0.3 is 0 Å². The lowest BCUT2D eigenvalue weighted by atomic mass is 10.1. The van der Waals surface area contributed by atoms with Crippen LogP contribution < -0.4 is 11.1 Å². The molecule has 0 heterocycles. The normalized spacial score (nSPS) is 11.8. The first-order chi connectivity index (χ1) is 9.72. The van der Waals surface area contributed by atoms with E-state index in [4.69, 9.17) is 10.9 Å². The topological polar surface area (TPSA) is 70.6 Å². The molecule has 0 unspecified atom stereocenters. The molecule has 0 aliphatic heterocycles. The zero-order chi connectivity index (χ0) is 14.4. The van der Waals surface area contributed by atoms with E-state index in [1.165, 1.54) is 10.8 Å². The van der Waals surface area contributed by atoms with Crippen molar-refractivity contribution in [3.8, 4) is 0 Å². The largest absolute Gasteiger partial charge is 0.409 e. The van der Waals surface area contributed by atoms with Gasteiger partial charge in [0.1, 0.15) is 5.84 Å². The number of benzene rings is 2. The maximum absolute atomic E-state index is 8.46. The Morgan fingerprint density at radius 1 is 1.15 bits per heavy atom. The van der Waals surface area contributed by atoms with Gasteiger partial charge in [0.2, 0.25) is 0 Å². The summed E-state index contributed by atoms with van der Waals surface area (Å²) in [6.07, 6.45) is 2.50. The Balaban J connectivity index is 1.95. The van der Waals surface area contributed by atoms with Crippen molar-refractivity contribution in [3.63, 3.8) is 0 Å². The first-order valence-electron chi connectivity index (χ1n) is 6.60. The van der Waals surface area contributed by atoms with E-state index in [-0.39, 0.29) is 0 Å². The number of fused-ring (bicyclic) bond motifs is 1. The zero-order valence-corrected chi connectivity index (χ0v) is 12.7. The molecule has 0 radical (unpaired) electrons. The average Bonchev–Trinajstić information content (AvgIpc) is 2.49. The third-order valence-electron chi connectivity index (χ3n) is 3.17. The standard InChI is InChI=1S/C15H18BrN3O/c16-13-8-9-14(12-6-2-1-5-11(12)13)18-10-4-3-7-15(17)19-20/h1-2,5-6,8-9,18,20H,3-4,7,10H2,(H2,17,19). The highest BCUT2D eigenvalue weighted by molar-refractivity contribution is 9.10. The molecule has 2 aromatic rings. The number of anilines is 1. The molecule has 4 N–H and O–H groups in total. The molecular weight excluding hydrogens is 318 g/mol. The van der Waals surface area contributed by atoms with Crippen LogP contribution in [0.3, 0.4) is 0 Å². The van der Waals surface area contributed by atoms with Gasteiger partial charge in [0.25, 0.3) is 0 Å². The average molecular weight is 336 g/mol. The van der Waals surface area contributed by atoms with Crippen LogP contribution >= 0.6 is 15.9 Å². The van der Waals surface area contributed by atoms with Crippen LogP contribution in [-0.4, -0.2) is 17.6 Å². The summed E-state index contributed by atoms with van der Waals surface area (Å²) in [4.78, 5) is 0. The number of halogens is 1. The number of oxime groups is 1. The second kappa shape index (κ2) is 7.14. The summed E-state index contributed by atoms with van der Waals surface area (Å²) in [5.74, 6) is 0.291. The highest BCUT2D eigenvalue weighted by Gasteiger charge is 2.03. The van der Waals surface area contributed by atoms with Gasteiger partial charge in [-0.15, -0.1) is 0 Å². The third kappa shape index (κ3) is 3.63. The van der Waals surface area contributed by atoms with E-state index in [1.807, 2.05) is 12.1 Å². The van der Waals surface area contributed by atoms with Crippen molar-refractivity contribution < 1.29 is 5.21 Å². The molecular formula is C15H18BrN3O. The maximum Gasteiger partial charge on any atom is 0.139 e. The van der Waals surface area contributed by atoms with Crippen LogP contribution in [0.1, 0.15) is 19.3 Å². The second-order valence-corrected chi connectivity index (χ2v) is 5.47. The summed E-state index contributed by atoms with van der Waals surface area (Å²) in [6.45, 7) is 0.865. The van der Waals surface area contributed by atoms with Crippen LogP contribution in [0.25, 0.3) is 10.8 Å². The summed E-state index contributed by atoms with van der Waals surface area (Å²) in [5, 5.41) is 17.3. The molecule has 5 heteroatoms. The van der Waals surface area contributed by atoms with Crippen LogP contribution in [0.15, 0.2) is 46.0 Å². The lowest BCUT2D eigenvalue weighted by molar-refractivity contribution is 0.316. The number of amidine groups is 1. The van der Waals surface area contributed by atoms with E-state index in [2.05, 4.69) is 50.7 Å². The number of hydrogen-bond acceptors (Lipinski definition) is 3. The van der Waals surface area contributed by atoms with Crippen molar-refractivity contribution in [1.82, 2.24) is 0 Å². The minimum Gasteiger partial charge on any atom is -0.409 e. The van der Waals surface area contributed by atoms with Crippen molar-refractivity contribution in [1.29, 1.82) is 0 Å². The van der Waals surface area contributed by atoms with Gasteiger partial charge < -0.3 is 16.3 Å². The van der Waals surface area contributed by atoms with Crippen molar-refractivity contribution in [2.24, 2.45) is 10.9 Å². The fourth-order valence-electron chi connectivity index (χ4n) is 2.12. The fraction of sp³-hybridized carbons (Fsp3) is 0.267. The molecule has 4 nitrogen and oxygen atoms in total. The van der Waals surface area contributed by atoms with Gasteiger partial charge in [0.05, 0.1) is 0 Å². The Kier molecular flexibility index (Phi) is 5.24. The van der Waals surface area contributed by atoms with Crippen molar-refractivity contribution in [2.75, 3.05) is 11.9 Å². The van der Waals surface area contributed by atoms with Gasteiger partial charge in [0, 0.05) is 28.5 Å². The summed E-state index contributed by atoms with van der Waals surface area (Å²) in [6, 6.07) is 12.4. The van der Waals surface area contributed by atoms with Crippen LogP contribution in [0.4, 0.5) is 5.69 Å². The molecule has 0 saturated carbocycles. The molecule has 0 fully saturated rings. The van der Waals surface area contributed by atoms with Crippen LogP contribution in [-0.2, 0) is 0 Å². The Hall–Kier alpha value is -1.75. The van der Waals surface area contributed by atoms with Crippen molar-refractivity contribution >= 4 is 38.2 Å². The lowest BCUT2D eigenvalue weighted by Gasteiger charge is -2.10. The van der Waals surface area contributed by atoms with E-state index in [1.54, 1.807) is 0 Å². The van der Waals surface area contributed by atoms with Gasteiger partial charge in [-0.1, -0.05) is 45.4 Å². The van der Waals surface area contributed by atoms with Gasteiger partial charge in [-0.2, -0.15) is 0 Å². The smallest absolute Gasteiger partial charge is 0.139 e. The fourth-order valence-corrected chi connectivity index (χ4v) is 2.60. The molecule has 106 valence electrons. The summed E-state index contributed by atoms with van der Waals surface area (Å²) in [7, 11) is 0. The van der Waals surface area contributed by atoms with E-state index >= 15 is 0 Å². The Morgan fingerprint density at radius 3 is 2.65 bits per heavy atom. The van der Waals surface area contributed by atoms with Gasteiger partial charge in [-0.25, -0.2) is 0 Å². The monoisotopic (exact) mass is 335 g/mol. The van der Waals surface area contributed by atoms with Gasteiger partial charge in [0.15, 0.2) is 0 Å². The van der Waals surface area contributed by atoms with Crippen molar-refractivity contribution in [2.45, 2.75) is 19.3 Å². The molecule has 0 aliphatic carbocycles. The summed E-state index contributed by atoms with van der Waals surface area (Å²) >= 11 is 3.57. The molecule has 0 saturated heterocycles. The number of unbranched alkanes of at least 4 members (excludes halogenated alkanes) is 1. The summed E-state index contributed by atoms with van der Waals surface area (Å²) in [5.41, 5.74) is 6.56. The number of rotatable bonds is 6. The number of hydrogen-bond donors (Lipinski definition) is 3. The van der Waals surface area contributed by atoms with Gasteiger partial charge in [-0.3, -0.25) is 0 Å². The van der Waals surface area contributed by atoms with Crippen LogP contribution in [0.2, 0.25) is 0 Å². The van der Waals surface area contributed by atoms with Gasteiger partial charge in [-0.05, 0) is 30.4 Å². The number of nitrogens with two attached hydrogens (primary N) is 1. The Labute approximate surface area is 126 Å². The van der Waals surface area contributed by atoms with Crippen molar-refractivity contribution in [3.05, 3.63) is 40.9 Å². The van der Waals surface area contributed by atoms with E-state index in [9.17, 15) is 0 Å². The predicted molar refractivity (Wildman–Crippen MR) is 87.4 cm³/mol. The lowest BCUT2D eigenvalue weighted by Crippen LogP contribution is -2.11. The SMILES string of the molecule is N/C(CCCCNc1ccc(Br)c2ccccc12)=N/O. The predicted octanol–water partition coefficient (Wildman–Crippen LogP) is 3.93. The molecule has 20 heavy (non-hydrogen) atoms. The molecule has 2 rings (SSSR count). The zero-order valence-electron chi connectivity index (χ0n) is 11.1. The molecule has 2 aromatic carbocycles. The Morgan fingerprint density at radius 2 is 1.90 bits per heavy atom. The third-order valence-corrected chi connectivity index (χ3v) is 3.87. The highest BCUT2D eigenvalue weighted by atomic mass is 79.9. The number of nitrogens with one attached hydrogen (secondary N) is 1.